The van der Waals surface area contributed by atoms with Crippen molar-refractivity contribution in [2.24, 2.45) is 0 Å². The monoisotopic (exact) mass is 365 g/mol. The molecule has 0 fully saturated rings. The molecule has 2 N–H and O–H groups in total. The summed E-state index contributed by atoms with van der Waals surface area (Å²) >= 11 is 0. The van der Waals surface area contributed by atoms with Gasteiger partial charge in [0.15, 0.2) is 0 Å². The molecule has 1 amide bonds. The van der Waals surface area contributed by atoms with Gasteiger partial charge in [-0.15, -0.1) is 0 Å². The fourth-order valence-corrected chi connectivity index (χ4v) is 2.56. The van der Waals surface area contributed by atoms with Crippen molar-refractivity contribution < 1.29 is 14.7 Å². The van der Waals surface area contributed by atoms with E-state index in [2.05, 4.69) is 36.5 Å². The highest BCUT2D eigenvalue weighted by molar-refractivity contribution is 5.86. The molecule has 0 aliphatic rings. The molecule has 0 aliphatic carbocycles. The number of carbonyl (C=O) groups excluding carboxylic acids is 1. The molecule has 4 nitrogen and oxygen atoms in total. The van der Waals surface area contributed by atoms with Gasteiger partial charge in [-0.3, -0.25) is 4.79 Å². The van der Waals surface area contributed by atoms with Crippen LogP contribution in [0.15, 0.2) is 24.3 Å². The first-order valence-corrected chi connectivity index (χ1v) is 10.2. The zero-order valence-corrected chi connectivity index (χ0v) is 17.1. The van der Waals surface area contributed by atoms with Gasteiger partial charge in [-0.2, -0.15) is 0 Å². The van der Waals surface area contributed by atoms with E-state index in [1.165, 1.54) is 52.4 Å². The lowest BCUT2D eigenvalue weighted by Gasteiger charge is -2.20. The summed E-state index contributed by atoms with van der Waals surface area (Å²) in [5.41, 5.74) is -1.19. The summed E-state index contributed by atoms with van der Waals surface area (Å²) in [5.74, 6) is -1.19. The average molecular weight is 366 g/mol. The van der Waals surface area contributed by atoms with Crippen molar-refractivity contribution in [1.82, 2.24) is 5.32 Å². The van der Waals surface area contributed by atoms with Gasteiger partial charge >= 0.3 is 5.97 Å². The maximum absolute atomic E-state index is 11.7. The molecule has 0 spiro atoms. The summed E-state index contributed by atoms with van der Waals surface area (Å²) in [4.78, 5) is 22.7. The first-order chi connectivity index (χ1) is 12.4. The van der Waals surface area contributed by atoms with Crippen LogP contribution in [0.3, 0.4) is 0 Å². The molecule has 4 heteroatoms. The second kappa shape index (κ2) is 15.7. The summed E-state index contributed by atoms with van der Waals surface area (Å²) < 4.78 is 0. The molecule has 0 saturated heterocycles. The van der Waals surface area contributed by atoms with Gasteiger partial charge < -0.3 is 10.4 Å². The number of aliphatic carboxylic acids is 1. The van der Waals surface area contributed by atoms with Crippen LogP contribution in [-0.2, 0) is 9.59 Å². The zero-order chi connectivity index (χ0) is 19.7. The third kappa shape index (κ3) is 14.7. The van der Waals surface area contributed by atoms with Gasteiger partial charge in [0.05, 0.1) is 0 Å². The smallest absolute Gasteiger partial charge is 0.328 e. The lowest BCUT2D eigenvalue weighted by atomic mass is 10.0. The van der Waals surface area contributed by atoms with Crippen molar-refractivity contribution in [2.45, 2.75) is 103 Å². The number of rotatable bonds is 16. The largest absolute Gasteiger partial charge is 0.480 e. The standard InChI is InChI=1S/C22H39NO3/c1-4-5-6-7-8-9-10-11-12-13-14-15-16-17-18-19-20(24)23-22(2,3)21(25)26/h8-9,11-12H,4-7,10,13-19H2,1-3H3,(H,23,24)(H,25,26)/b9-8-,12-11-. The van der Waals surface area contributed by atoms with E-state index in [0.29, 0.717) is 6.42 Å². The minimum Gasteiger partial charge on any atom is -0.480 e. The van der Waals surface area contributed by atoms with Crippen LogP contribution in [0.25, 0.3) is 0 Å². The van der Waals surface area contributed by atoms with Gasteiger partial charge in [0.25, 0.3) is 0 Å². The van der Waals surface area contributed by atoms with Gasteiger partial charge in [-0.25, -0.2) is 4.79 Å². The summed E-state index contributed by atoms with van der Waals surface area (Å²) in [6.45, 7) is 5.23. The predicted molar refractivity (Wildman–Crippen MR) is 109 cm³/mol. The molecular formula is C22H39NO3. The molecule has 0 radical (unpaired) electrons. The minimum atomic E-state index is -1.19. The topological polar surface area (TPSA) is 66.4 Å². The molecule has 0 unspecified atom stereocenters. The van der Waals surface area contributed by atoms with Crippen molar-refractivity contribution in [3.63, 3.8) is 0 Å². The Bertz CT molecular complexity index is 439. The molecule has 0 bridgehead atoms. The lowest BCUT2D eigenvalue weighted by Crippen LogP contribution is -2.49. The van der Waals surface area contributed by atoms with Crippen LogP contribution in [-0.4, -0.2) is 22.5 Å². The average Bonchev–Trinajstić information content (AvgIpc) is 2.57. The third-order valence-corrected chi connectivity index (χ3v) is 4.34. The second-order valence-corrected chi connectivity index (χ2v) is 7.46. The highest BCUT2D eigenvalue weighted by atomic mass is 16.4. The van der Waals surface area contributed by atoms with Crippen LogP contribution in [0.1, 0.15) is 97.8 Å². The molecule has 0 aromatic rings. The Balaban J connectivity index is 3.47. The molecule has 0 aromatic carbocycles. The highest BCUT2D eigenvalue weighted by Crippen LogP contribution is 2.09. The van der Waals surface area contributed by atoms with Crippen LogP contribution < -0.4 is 5.32 Å². The quantitative estimate of drug-likeness (QED) is 0.269. The van der Waals surface area contributed by atoms with Crippen molar-refractivity contribution in [2.75, 3.05) is 0 Å². The molecule has 0 atom stereocenters. The van der Waals surface area contributed by atoms with Crippen molar-refractivity contribution >= 4 is 11.9 Å². The Morgan fingerprint density at radius 3 is 1.96 bits per heavy atom. The Labute approximate surface area is 160 Å². The van der Waals surface area contributed by atoms with Crippen LogP contribution in [0, 0.1) is 0 Å². The first-order valence-electron chi connectivity index (χ1n) is 10.2. The maximum Gasteiger partial charge on any atom is 0.328 e. The Morgan fingerprint density at radius 2 is 1.38 bits per heavy atom. The first kappa shape index (κ1) is 24.4. The summed E-state index contributed by atoms with van der Waals surface area (Å²) in [6.07, 6.45) is 22.0. The predicted octanol–water partition coefficient (Wildman–Crippen LogP) is 5.78. The molecule has 0 heterocycles. The third-order valence-electron chi connectivity index (χ3n) is 4.34. The molecule has 0 saturated carbocycles. The molecule has 150 valence electrons. The van der Waals surface area contributed by atoms with Crippen LogP contribution in [0.5, 0.6) is 0 Å². The Kier molecular flexibility index (Phi) is 14.7. The van der Waals surface area contributed by atoms with E-state index >= 15 is 0 Å². The van der Waals surface area contributed by atoms with E-state index in [9.17, 15) is 9.59 Å². The molecule has 0 rings (SSSR count). The van der Waals surface area contributed by atoms with E-state index in [1.807, 2.05) is 0 Å². The van der Waals surface area contributed by atoms with E-state index in [1.54, 1.807) is 0 Å². The van der Waals surface area contributed by atoms with E-state index in [0.717, 1.165) is 32.1 Å². The fraction of sp³-hybridized carbons (Fsp3) is 0.727. The number of allylic oxidation sites excluding steroid dienone is 4. The number of carboxylic acids is 1. The van der Waals surface area contributed by atoms with E-state index in [4.69, 9.17) is 5.11 Å². The normalized spacial score (nSPS) is 12.1. The van der Waals surface area contributed by atoms with Crippen molar-refractivity contribution in [3.8, 4) is 0 Å². The van der Waals surface area contributed by atoms with Gasteiger partial charge in [0.1, 0.15) is 5.54 Å². The number of nitrogens with one attached hydrogen (secondary N) is 1. The number of unbranched alkanes of at least 4 members (excludes halogenated alkanes) is 8. The fourth-order valence-electron chi connectivity index (χ4n) is 2.56. The molecular weight excluding hydrogens is 326 g/mol. The van der Waals surface area contributed by atoms with E-state index in [-0.39, 0.29) is 5.91 Å². The Hall–Kier alpha value is -1.58. The minimum absolute atomic E-state index is 0.178. The SMILES string of the molecule is CCCCC/C=C\C/C=C\CCCCCCCC(=O)NC(C)(C)C(=O)O. The maximum atomic E-state index is 11.7. The zero-order valence-electron chi connectivity index (χ0n) is 17.1. The summed E-state index contributed by atoms with van der Waals surface area (Å²) in [5, 5.41) is 11.5. The molecule has 0 aromatic heterocycles. The van der Waals surface area contributed by atoms with Crippen molar-refractivity contribution in [1.29, 1.82) is 0 Å². The summed E-state index contributed by atoms with van der Waals surface area (Å²) in [6, 6.07) is 0. The Morgan fingerprint density at radius 1 is 0.846 bits per heavy atom. The number of hydrogen-bond donors (Lipinski definition) is 2. The highest BCUT2D eigenvalue weighted by Gasteiger charge is 2.28. The van der Waals surface area contributed by atoms with E-state index < -0.39 is 11.5 Å². The summed E-state index contributed by atoms with van der Waals surface area (Å²) in [7, 11) is 0. The van der Waals surface area contributed by atoms with Crippen molar-refractivity contribution in [3.05, 3.63) is 24.3 Å². The van der Waals surface area contributed by atoms with Crippen LogP contribution >= 0.6 is 0 Å². The van der Waals surface area contributed by atoms with Gasteiger partial charge in [-0.05, 0) is 52.4 Å². The number of carboxylic acid groups (broad SMARTS) is 1. The van der Waals surface area contributed by atoms with Gasteiger partial charge in [0, 0.05) is 6.42 Å². The second-order valence-electron chi connectivity index (χ2n) is 7.46. The van der Waals surface area contributed by atoms with Crippen LogP contribution in [0.4, 0.5) is 0 Å². The lowest BCUT2D eigenvalue weighted by molar-refractivity contribution is -0.146. The van der Waals surface area contributed by atoms with Gasteiger partial charge in [0.2, 0.25) is 5.91 Å². The number of hydrogen-bond acceptors (Lipinski definition) is 2. The van der Waals surface area contributed by atoms with Crippen LogP contribution in [0.2, 0.25) is 0 Å². The number of amides is 1. The molecule has 0 aliphatic heterocycles. The molecule has 26 heavy (non-hydrogen) atoms. The number of carbonyl (C=O) groups is 2. The van der Waals surface area contributed by atoms with Gasteiger partial charge in [-0.1, -0.05) is 63.3 Å².